The monoisotopic (exact) mass is 487 g/mol. The summed E-state index contributed by atoms with van der Waals surface area (Å²) >= 11 is 0. The molecule has 0 radical (unpaired) electrons. The Bertz CT molecular complexity index is 1030. The average molecular weight is 488 g/mol. The van der Waals surface area contributed by atoms with E-state index in [1.54, 1.807) is 0 Å². The Kier molecular flexibility index (Phi) is 10.4. The van der Waals surface area contributed by atoms with E-state index in [9.17, 15) is 0 Å². The van der Waals surface area contributed by atoms with E-state index in [1.807, 2.05) is 26.2 Å². The van der Waals surface area contributed by atoms with Crippen molar-refractivity contribution in [3.05, 3.63) is 60.2 Å². The summed E-state index contributed by atoms with van der Waals surface area (Å²) < 4.78 is 0. The molecule has 2 aromatic carbocycles. The van der Waals surface area contributed by atoms with Crippen molar-refractivity contribution >= 4 is 22.7 Å². The van der Waals surface area contributed by atoms with Gasteiger partial charge in [-0.05, 0) is 69.2 Å². The minimum Gasteiger partial charge on any atom is -0.362 e. The number of fused-ring (bicyclic) bond motifs is 1. The van der Waals surface area contributed by atoms with Crippen LogP contribution in [0.25, 0.3) is 10.9 Å². The van der Waals surface area contributed by atoms with Crippen LogP contribution in [0, 0.1) is 0 Å². The van der Waals surface area contributed by atoms with Crippen molar-refractivity contribution < 1.29 is 0 Å². The van der Waals surface area contributed by atoms with Gasteiger partial charge in [-0.2, -0.15) is 4.98 Å². The number of hydrogen-bond acceptors (Lipinski definition) is 5. The summed E-state index contributed by atoms with van der Waals surface area (Å²) in [6, 6.07) is 20.3. The van der Waals surface area contributed by atoms with Crippen molar-refractivity contribution in [1.29, 1.82) is 0 Å². The summed E-state index contributed by atoms with van der Waals surface area (Å²) in [5.41, 5.74) is 2.48. The van der Waals surface area contributed by atoms with Gasteiger partial charge in [-0.3, -0.25) is 0 Å². The number of nitrogens with one attached hydrogen (secondary N) is 2. The fourth-order valence-electron chi connectivity index (χ4n) is 5.38. The lowest BCUT2D eigenvalue weighted by atomic mass is 9.91. The van der Waals surface area contributed by atoms with Crippen molar-refractivity contribution in [2.24, 2.45) is 0 Å². The number of benzene rings is 2. The van der Waals surface area contributed by atoms with Crippen LogP contribution in [0.1, 0.15) is 76.2 Å². The quantitative estimate of drug-likeness (QED) is 0.240. The van der Waals surface area contributed by atoms with E-state index in [1.165, 1.54) is 82.6 Å². The van der Waals surface area contributed by atoms with Crippen LogP contribution >= 0.6 is 0 Å². The van der Waals surface area contributed by atoms with Crippen LogP contribution in [0.5, 0.6) is 0 Å². The number of nitrogens with zero attached hydrogens (tertiary/aromatic N) is 3. The largest absolute Gasteiger partial charge is 0.362 e. The molecule has 5 heteroatoms. The number of para-hydroxylation sites is 1. The topological polar surface area (TPSA) is 53.1 Å². The highest BCUT2D eigenvalue weighted by molar-refractivity contribution is 5.90. The number of aromatic nitrogens is 2. The third kappa shape index (κ3) is 8.19. The number of rotatable bonds is 14. The maximum Gasteiger partial charge on any atom is 0.225 e. The molecule has 0 amide bonds. The Balaban J connectivity index is 1.05. The van der Waals surface area contributed by atoms with E-state index < -0.39 is 0 Å². The van der Waals surface area contributed by atoms with Gasteiger partial charge in [0.15, 0.2) is 0 Å². The van der Waals surface area contributed by atoms with E-state index in [2.05, 4.69) is 58.0 Å². The number of hydrogen-bond donors (Lipinski definition) is 2. The van der Waals surface area contributed by atoms with Gasteiger partial charge in [0.2, 0.25) is 5.95 Å². The normalized spacial score (nSPS) is 17.8. The zero-order valence-corrected chi connectivity index (χ0v) is 22.4. The van der Waals surface area contributed by atoms with Crippen molar-refractivity contribution in [3.8, 4) is 0 Å². The fraction of sp³-hybridized carbons (Fsp3) is 0.548. The average Bonchev–Trinajstić information content (AvgIpc) is 2.90. The lowest BCUT2D eigenvalue weighted by molar-refractivity contribution is 0.350. The first kappa shape index (κ1) is 26.4. The lowest BCUT2D eigenvalue weighted by Gasteiger charge is -2.30. The molecule has 0 atom stereocenters. The number of aryl methyl sites for hydroxylation is 1. The Hall–Kier alpha value is -2.66. The van der Waals surface area contributed by atoms with E-state index in [-0.39, 0.29) is 0 Å². The Morgan fingerprint density at radius 3 is 2.11 bits per heavy atom. The Labute approximate surface area is 218 Å². The highest BCUT2D eigenvalue weighted by Crippen LogP contribution is 2.26. The zero-order chi connectivity index (χ0) is 25.0. The van der Waals surface area contributed by atoms with Gasteiger partial charge in [0, 0.05) is 31.6 Å². The molecule has 0 spiro atoms. The Morgan fingerprint density at radius 1 is 0.722 bits per heavy atom. The molecule has 0 bridgehead atoms. The van der Waals surface area contributed by atoms with Gasteiger partial charge in [0.1, 0.15) is 5.82 Å². The molecule has 1 heterocycles. The van der Waals surface area contributed by atoms with Gasteiger partial charge >= 0.3 is 0 Å². The molecule has 1 aliphatic rings. The van der Waals surface area contributed by atoms with Crippen molar-refractivity contribution in [2.75, 3.05) is 30.9 Å². The second kappa shape index (κ2) is 14.2. The minimum absolute atomic E-state index is 0.459. The molecule has 0 unspecified atom stereocenters. The van der Waals surface area contributed by atoms with Gasteiger partial charge in [-0.25, -0.2) is 4.98 Å². The first-order valence-corrected chi connectivity index (χ1v) is 14.2. The van der Waals surface area contributed by atoms with Crippen LogP contribution in [0.4, 0.5) is 11.8 Å². The summed E-state index contributed by atoms with van der Waals surface area (Å²) in [6.45, 7) is 1.16. The predicted octanol–water partition coefficient (Wildman–Crippen LogP) is 6.98. The van der Waals surface area contributed by atoms with Crippen LogP contribution in [0.3, 0.4) is 0 Å². The third-order valence-corrected chi connectivity index (χ3v) is 7.49. The molecule has 2 N–H and O–H groups in total. The van der Waals surface area contributed by atoms with Gasteiger partial charge in [-0.15, -0.1) is 0 Å². The number of unbranched alkanes of at least 4 members (excludes halogenated alkanes) is 6. The van der Waals surface area contributed by atoms with Crippen molar-refractivity contribution in [3.63, 3.8) is 0 Å². The van der Waals surface area contributed by atoms with Gasteiger partial charge in [0.25, 0.3) is 0 Å². The van der Waals surface area contributed by atoms with E-state index >= 15 is 0 Å². The molecule has 1 fully saturated rings. The highest BCUT2D eigenvalue weighted by atomic mass is 15.2. The van der Waals surface area contributed by atoms with Crippen LogP contribution < -0.4 is 15.5 Å². The molecule has 1 aromatic heterocycles. The molecule has 1 aliphatic carbocycles. The molecule has 0 saturated heterocycles. The third-order valence-electron chi connectivity index (χ3n) is 7.49. The van der Waals surface area contributed by atoms with E-state index in [0.29, 0.717) is 12.1 Å². The summed E-state index contributed by atoms with van der Waals surface area (Å²) in [5, 5.41) is 8.55. The molecule has 4 rings (SSSR count). The summed E-state index contributed by atoms with van der Waals surface area (Å²) in [6.07, 6.45) is 15.5. The summed E-state index contributed by atoms with van der Waals surface area (Å²) in [5.74, 6) is 1.74. The maximum absolute atomic E-state index is 4.82. The lowest BCUT2D eigenvalue weighted by Crippen LogP contribution is -2.37. The minimum atomic E-state index is 0.459. The molecular weight excluding hydrogens is 442 g/mol. The predicted molar refractivity (Wildman–Crippen MR) is 154 cm³/mol. The van der Waals surface area contributed by atoms with Gasteiger partial charge in [0.05, 0.1) is 5.52 Å². The van der Waals surface area contributed by atoms with E-state index in [4.69, 9.17) is 9.97 Å². The molecule has 0 aliphatic heterocycles. The van der Waals surface area contributed by atoms with Crippen LogP contribution in [0.2, 0.25) is 0 Å². The van der Waals surface area contributed by atoms with Crippen LogP contribution in [-0.4, -0.2) is 42.7 Å². The van der Waals surface area contributed by atoms with Crippen molar-refractivity contribution in [1.82, 2.24) is 15.3 Å². The van der Waals surface area contributed by atoms with Crippen LogP contribution in [-0.2, 0) is 6.42 Å². The number of anilines is 2. The molecule has 5 nitrogen and oxygen atoms in total. The zero-order valence-electron chi connectivity index (χ0n) is 22.4. The molecule has 3 aromatic rings. The first-order chi connectivity index (χ1) is 17.7. The van der Waals surface area contributed by atoms with Crippen LogP contribution in [0.15, 0.2) is 54.6 Å². The van der Waals surface area contributed by atoms with Gasteiger partial charge in [-0.1, -0.05) is 74.6 Å². The maximum atomic E-state index is 4.82. The molecule has 194 valence electrons. The second-order valence-electron chi connectivity index (χ2n) is 10.6. The first-order valence-electron chi connectivity index (χ1n) is 14.2. The Morgan fingerprint density at radius 2 is 1.36 bits per heavy atom. The summed E-state index contributed by atoms with van der Waals surface area (Å²) in [4.78, 5) is 11.7. The molecule has 36 heavy (non-hydrogen) atoms. The second-order valence-corrected chi connectivity index (χ2v) is 10.6. The summed E-state index contributed by atoms with van der Waals surface area (Å²) in [7, 11) is 4.09. The smallest absolute Gasteiger partial charge is 0.225 e. The molecule has 1 saturated carbocycles. The van der Waals surface area contributed by atoms with E-state index in [0.717, 1.165) is 29.2 Å². The van der Waals surface area contributed by atoms with Gasteiger partial charge < -0.3 is 15.5 Å². The SMILES string of the molecule is CN(C)c1nc(N[C@H]2CC[C@@H](NCCCCCCCCCc3ccccc3)CC2)nc2ccccc12. The van der Waals surface area contributed by atoms with Crippen molar-refractivity contribution in [2.45, 2.75) is 89.1 Å². The molecular formula is C31H45N5. The highest BCUT2D eigenvalue weighted by Gasteiger charge is 2.21. The standard InChI is InChI=1S/C31H45N5/c1-36(2)30-28-18-12-13-19-29(28)34-31(35-30)33-27-22-20-26(21-23-27)32-24-14-7-5-3-4-6-9-15-25-16-10-8-11-17-25/h8,10-13,16-19,26-27,32H,3-7,9,14-15,20-24H2,1-2H3,(H,33,34,35)/t26-,27+. The fourth-order valence-corrected chi connectivity index (χ4v) is 5.38.